The summed E-state index contributed by atoms with van der Waals surface area (Å²) in [7, 11) is -0.452. The van der Waals surface area contributed by atoms with Crippen molar-refractivity contribution in [2.45, 2.75) is 65.2 Å². The number of ether oxygens (including phenoxy) is 1. The number of hydrogen-bond donors (Lipinski definition) is 1. The van der Waals surface area contributed by atoms with Gasteiger partial charge in [0.25, 0.3) is 0 Å². The number of fused-ring (bicyclic) bond motifs is 3. The molecule has 0 radical (unpaired) electrons. The van der Waals surface area contributed by atoms with Gasteiger partial charge in [0, 0.05) is 16.0 Å². The van der Waals surface area contributed by atoms with Gasteiger partial charge in [-0.25, -0.2) is 4.79 Å². The summed E-state index contributed by atoms with van der Waals surface area (Å²) in [4.78, 5) is 12.8. The fourth-order valence-electron chi connectivity index (χ4n) is 5.17. The molecule has 7 heteroatoms. The fraction of sp³-hybridized carbons (Fsp3) is 0.367. The van der Waals surface area contributed by atoms with E-state index in [0.717, 1.165) is 25.7 Å². The van der Waals surface area contributed by atoms with Crippen LogP contribution in [0.2, 0.25) is 0 Å². The van der Waals surface area contributed by atoms with Gasteiger partial charge in [0.2, 0.25) is 0 Å². The molecular formula is C30H33BINO4. The molecular weight excluding hydrogens is 576 g/mol. The molecule has 5 nitrogen and oxygen atoms in total. The van der Waals surface area contributed by atoms with Gasteiger partial charge in [-0.3, -0.25) is 0 Å². The first-order valence-corrected chi connectivity index (χ1v) is 13.8. The maximum atomic E-state index is 12.8. The number of amides is 1. The van der Waals surface area contributed by atoms with E-state index in [1.165, 1.54) is 22.3 Å². The van der Waals surface area contributed by atoms with Gasteiger partial charge in [0.15, 0.2) is 0 Å². The number of carbonyl (C=O) groups excluding carboxylic acids is 1. The molecule has 192 valence electrons. The van der Waals surface area contributed by atoms with Crippen molar-refractivity contribution in [1.82, 2.24) is 5.32 Å². The van der Waals surface area contributed by atoms with Crippen LogP contribution in [0.25, 0.3) is 11.1 Å². The van der Waals surface area contributed by atoms with Crippen molar-refractivity contribution in [3.8, 4) is 11.1 Å². The molecule has 1 amide bonds. The van der Waals surface area contributed by atoms with Crippen LogP contribution in [0, 0.1) is 17.4 Å². The molecule has 0 unspecified atom stereocenters. The summed E-state index contributed by atoms with van der Waals surface area (Å²) >= 11 is 2.37. The summed E-state index contributed by atoms with van der Waals surface area (Å²) in [6.45, 7) is 13.1. The zero-order valence-electron chi connectivity index (χ0n) is 22.3. The Kier molecular flexibility index (Phi) is 6.92. The zero-order valence-corrected chi connectivity index (χ0v) is 24.4. The Morgan fingerprint density at radius 3 is 2.05 bits per heavy atom. The van der Waals surface area contributed by atoms with Crippen molar-refractivity contribution in [3.05, 3.63) is 86.0 Å². The van der Waals surface area contributed by atoms with Gasteiger partial charge >= 0.3 is 13.2 Å². The summed E-state index contributed by atoms with van der Waals surface area (Å²) in [5, 5.41) is 2.96. The standard InChI is InChI=1S/C30H33BINO4/c1-18-20(15-26(19(2)27(18)32)31-36-29(3,4)30(5,6)37-31)16-33-28(34)35-17-25-23-13-9-7-11-21(23)22-12-8-10-14-24(22)25/h7-15,25H,16-17H2,1-6H3,(H,33,34). The van der Waals surface area contributed by atoms with E-state index < -0.39 is 24.4 Å². The first-order chi connectivity index (χ1) is 17.5. The lowest BCUT2D eigenvalue weighted by Crippen LogP contribution is -2.41. The van der Waals surface area contributed by atoms with E-state index in [1.54, 1.807) is 0 Å². The molecule has 0 aromatic heterocycles. The van der Waals surface area contributed by atoms with E-state index in [0.29, 0.717) is 13.2 Å². The Labute approximate surface area is 233 Å². The predicted octanol–water partition coefficient (Wildman–Crippen LogP) is 6.25. The van der Waals surface area contributed by atoms with Crippen molar-refractivity contribution in [1.29, 1.82) is 0 Å². The highest BCUT2D eigenvalue weighted by Crippen LogP contribution is 2.44. The maximum Gasteiger partial charge on any atom is 0.495 e. The zero-order chi connectivity index (χ0) is 26.5. The van der Waals surface area contributed by atoms with E-state index in [1.807, 2.05) is 12.1 Å². The number of alkyl carbamates (subject to hydrolysis) is 1. The van der Waals surface area contributed by atoms with Crippen LogP contribution < -0.4 is 10.8 Å². The summed E-state index contributed by atoms with van der Waals surface area (Å²) < 4.78 is 19.5. The van der Waals surface area contributed by atoms with E-state index in [4.69, 9.17) is 14.0 Å². The molecule has 37 heavy (non-hydrogen) atoms. The lowest BCUT2D eigenvalue weighted by Gasteiger charge is -2.32. The average Bonchev–Trinajstić information content (AvgIpc) is 3.30. The topological polar surface area (TPSA) is 56.8 Å². The lowest BCUT2D eigenvalue weighted by molar-refractivity contribution is 0.00578. The second-order valence-electron chi connectivity index (χ2n) is 11.0. The molecule has 1 saturated heterocycles. The molecule has 0 spiro atoms. The SMILES string of the molecule is Cc1c(CNC(=O)OCC2c3ccccc3-c3ccccc32)cc(B2OC(C)(C)C(C)(C)O2)c(C)c1I. The molecule has 1 heterocycles. The molecule has 0 atom stereocenters. The second-order valence-corrected chi connectivity index (χ2v) is 12.0. The quantitative estimate of drug-likeness (QED) is 0.275. The molecule has 1 aliphatic heterocycles. The van der Waals surface area contributed by atoms with Gasteiger partial charge in [-0.15, -0.1) is 0 Å². The minimum absolute atomic E-state index is 0.0372. The van der Waals surface area contributed by atoms with Gasteiger partial charge in [-0.2, -0.15) is 0 Å². The number of benzene rings is 3. The highest BCUT2D eigenvalue weighted by Gasteiger charge is 2.52. The highest BCUT2D eigenvalue weighted by atomic mass is 127. The Bertz CT molecular complexity index is 1310. The summed E-state index contributed by atoms with van der Waals surface area (Å²) in [6, 6.07) is 18.8. The van der Waals surface area contributed by atoms with Crippen molar-refractivity contribution in [2.24, 2.45) is 0 Å². The molecule has 1 N–H and O–H groups in total. The van der Waals surface area contributed by atoms with Gasteiger partial charge in [0.1, 0.15) is 6.61 Å². The van der Waals surface area contributed by atoms with Crippen molar-refractivity contribution < 1.29 is 18.8 Å². The number of hydrogen-bond acceptors (Lipinski definition) is 4. The molecule has 1 fully saturated rings. The van der Waals surface area contributed by atoms with Crippen LogP contribution in [0.1, 0.15) is 61.4 Å². The molecule has 3 aromatic rings. The number of rotatable bonds is 5. The first kappa shape index (κ1) is 26.3. The van der Waals surface area contributed by atoms with Crippen LogP contribution in [-0.2, 0) is 20.6 Å². The minimum atomic E-state index is -0.452. The molecule has 0 bridgehead atoms. The molecule has 0 saturated carbocycles. The van der Waals surface area contributed by atoms with Crippen LogP contribution in [0.4, 0.5) is 4.79 Å². The van der Waals surface area contributed by atoms with E-state index in [-0.39, 0.29) is 5.92 Å². The predicted molar refractivity (Wildman–Crippen MR) is 156 cm³/mol. The first-order valence-electron chi connectivity index (χ1n) is 12.7. The minimum Gasteiger partial charge on any atom is -0.449 e. The van der Waals surface area contributed by atoms with Crippen molar-refractivity contribution in [2.75, 3.05) is 6.61 Å². The van der Waals surface area contributed by atoms with E-state index in [2.05, 4.69) is 112 Å². The van der Waals surface area contributed by atoms with Crippen LogP contribution in [0.15, 0.2) is 54.6 Å². The monoisotopic (exact) mass is 609 g/mol. The van der Waals surface area contributed by atoms with E-state index >= 15 is 0 Å². The average molecular weight is 609 g/mol. The van der Waals surface area contributed by atoms with Crippen LogP contribution >= 0.6 is 22.6 Å². The van der Waals surface area contributed by atoms with E-state index in [9.17, 15) is 4.79 Å². The smallest absolute Gasteiger partial charge is 0.449 e. The van der Waals surface area contributed by atoms with Gasteiger partial charge in [-0.1, -0.05) is 54.6 Å². The number of nitrogens with one attached hydrogen (secondary N) is 1. The maximum absolute atomic E-state index is 12.8. The molecule has 2 aliphatic rings. The van der Waals surface area contributed by atoms with Gasteiger partial charge < -0.3 is 19.4 Å². The molecule has 5 rings (SSSR count). The second kappa shape index (κ2) is 9.75. The third-order valence-corrected chi connectivity index (χ3v) is 9.80. The van der Waals surface area contributed by atoms with Gasteiger partial charge in [0.05, 0.1) is 11.2 Å². The van der Waals surface area contributed by atoms with Crippen molar-refractivity contribution >= 4 is 41.3 Å². The Hall–Kier alpha value is -2.36. The fourth-order valence-corrected chi connectivity index (χ4v) is 5.83. The summed E-state index contributed by atoms with van der Waals surface area (Å²) in [5.41, 5.74) is 8.30. The third-order valence-electron chi connectivity index (χ3n) is 8.18. The van der Waals surface area contributed by atoms with Crippen LogP contribution in [-0.4, -0.2) is 31.0 Å². The largest absolute Gasteiger partial charge is 0.495 e. The Morgan fingerprint density at radius 1 is 0.946 bits per heavy atom. The number of halogens is 1. The van der Waals surface area contributed by atoms with Crippen molar-refractivity contribution in [3.63, 3.8) is 0 Å². The lowest BCUT2D eigenvalue weighted by atomic mass is 9.74. The van der Waals surface area contributed by atoms with Gasteiger partial charge in [-0.05, 0) is 109 Å². The highest BCUT2D eigenvalue weighted by molar-refractivity contribution is 14.1. The van der Waals surface area contributed by atoms with Crippen LogP contribution in [0.3, 0.4) is 0 Å². The Balaban J connectivity index is 1.28. The third kappa shape index (κ3) is 4.70. The summed E-state index contributed by atoms with van der Waals surface area (Å²) in [6.07, 6.45) is -0.422. The molecule has 1 aliphatic carbocycles. The van der Waals surface area contributed by atoms with Crippen LogP contribution in [0.5, 0.6) is 0 Å². The summed E-state index contributed by atoms with van der Waals surface area (Å²) in [5.74, 6) is 0.0372. The Morgan fingerprint density at radius 2 is 1.49 bits per heavy atom. The number of carbonyl (C=O) groups is 1. The normalized spacial score (nSPS) is 17.4. The molecule has 3 aromatic carbocycles.